The topological polar surface area (TPSA) is 70.1 Å². The molecule has 20 heavy (non-hydrogen) atoms. The molecule has 106 valence electrons. The minimum absolute atomic E-state index is 0.302. The van der Waals surface area contributed by atoms with Gasteiger partial charge in [-0.2, -0.15) is 5.10 Å². The molecule has 1 heterocycles. The van der Waals surface area contributed by atoms with Gasteiger partial charge in [0, 0.05) is 11.9 Å². The Balaban J connectivity index is 2.07. The molecule has 0 fully saturated rings. The SMILES string of the molecule is CCC(C)COC(=O)c1ccn(-c2cccc(N)c2)n1. The van der Waals surface area contributed by atoms with Crippen LogP contribution in [0, 0.1) is 5.92 Å². The van der Waals surface area contributed by atoms with E-state index in [1.165, 1.54) is 0 Å². The van der Waals surface area contributed by atoms with Gasteiger partial charge >= 0.3 is 5.97 Å². The minimum atomic E-state index is -0.395. The van der Waals surface area contributed by atoms with E-state index in [1.54, 1.807) is 29.1 Å². The number of carbonyl (C=O) groups is 1. The molecule has 0 saturated carbocycles. The molecule has 1 unspecified atom stereocenters. The Morgan fingerprint density at radius 2 is 2.25 bits per heavy atom. The summed E-state index contributed by atoms with van der Waals surface area (Å²) < 4.78 is 6.82. The van der Waals surface area contributed by atoms with Crippen molar-refractivity contribution in [3.63, 3.8) is 0 Å². The summed E-state index contributed by atoms with van der Waals surface area (Å²) >= 11 is 0. The highest BCUT2D eigenvalue weighted by Gasteiger charge is 2.13. The first-order chi connectivity index (χ1) is 9.60. The van der Waals surface area contributed by atoms with Crippen LogP contribution in [-0.4, -0.2) is 22.4 Å². The predicted molar refractivity (Wildman–Crippen MR) is 77.7 cm³/mol. The number of esters is 1. The van der Waals surface area contributed by atoms with E-state index < -0.39 is 5.97 Å². The Labute approximate surface area is 118 Å². The average molecular weight is 273 g/mol. The molecule has 5 heteroatoms. The lowest BCUT2D eigenvalue weighted by atomic mass is 10.1. The van der Waals surface area contributed by atoms with Crippen LogP contribution >= 0.6 is 0 Å². The van der Waals surface area contributed by atoms with Gasteiger partial charge < -0.3 is 10.5 Å². The number of nitrogens with two attached hydrogens (primary N) is 1. The van der Waals surface area contributed by atoms with E-state index in [0.29, 0.717) is 23.9 Å². The molecule has 0 aliphatic heterocycles. The number of carbonyl (C=O) groups excluding carboxylic acids is 1. The van der Waals surface area contributed by atoms with Crippen molar-refractivity contribution < 1.29 is 9.53 Å². The maximum atomic E-state index is 11.9. The molecule has 2 rings (SSSR count). The summed E-state index contributed by atoms with van der Waals surface area (Å²) in [5.74, 6) is -0.0390. The molecule has 0 radical (unpaired) electrons. The highest BCUT2D eigenvalue weighted by molar-refractivity contribution is 5.87. The molecule has 0 aliphatic carbocycles. The third kappa shape index (κ3) is 3.38. The van der Waals surface area contributed by atoms with Crippen LogP contribution in [0.3, 0.4) is 0 Å². The van der Waals surface area contributed by atoms with Crippen molar-refractivity contribution in [1.29, 1.82) is 0 Å². The van der Waals surface area contributed by atoms with E-state index in [2.05, 4.69) is 12.0 Å². The van der Waals surface area contributed by atoms with Gasteiger partial charge in [0.05, 0.1) is 12.3 Å². The lowest BCUT2D eigenvalue weighted by Crippen LogP contribution is -2.12. The quantitative estimate of drug-likeness (QED) is 0.671. The fourth-order valence-corrected chi connectivity index (χ4v) is 1.65. The molecule has 2 aromatic rings. The van der Waals surface area contributed by atoms with E-state index in [4.69, 9.17) is 10.5 Å². The number of benzene rings is 1. The molecule has 2 N–H and O–H groups in total. The number of anilines is 1. The van der Waals surface area contributed by atoms with Crippen LogP contribution in [0.15, 0.2) is 36.5 Å². The average Bonchev–Trinajstić information content (AvgIpc) is 2.94. The first-order valence-electron chi connectivity index (χ1n) is 6.69. The van der Waals surface area contributed by atoms with Gasteiger partial charge in [-0.1, -0.05) is 26.3 Å². The molecule has 5 nitrogen and oxygen atoms in total. The Kier molecular flexibility index (Phi) is 4.40. The lowest BCUT2D eigenvalue weighted by Gasteiger charge is -2.08. The summed E-state index contributed by atoms with van der Waals surface area (Å²) in [5.41, 5.74) is 7.49. The van der Waals surface area contributed by atoms with Gasteiger partial charge in [-0.3, -0.25) is 0 Å². The van der Waals surface area contributed by atoms with Gasteiger partial charge in [-0.05, 0) is 30.2 Å². The van der Waals surface area contributed by atoms with Gasteiger partial charge in [0.2, 0.25) is 0 Å². The number of nitrogens with zero attached hydrogens (tertiary/aromatic N) is 2. The summed E-state index contributed by atoms with van der Waals surface area (Å²) in [5, 5.41) is 4.21. The highest BCUT2D eigenvalue weighted by Crippen LogP contribution is 2.12. The Morgan fingerprint density at radius 1 is 1.45 bits per heavy atom. The molecular formula is C15H19N3O2. The van der Waals surface area contributed by atoms with E-state index in [0.717, 1.165) is 12.1 Å². The van der Waals surface area contributed by atoms with Gasteiger partial charge in [-0.25, -0.2) is 9.48 Å². The van der Waals surface area contributed by atoms with Gasteiger partial charge in [0.25, 0.3) is 0 Å². The van der Waals surface area contributed by atoms with Crippen molar-refractivity contribution in [2.75, 3.05) is 12.3 Å². The molecule has 1 atom stereocenters. The first-order valence-corrected chi connectivity index (χ1v) is 6.69. The Hall–Kier alpha value is -2.30. The summed E-state index contributed by atoms with van der Waals surface area (Å²) in [6, 6.07) is 8.95. The van der Waals surface area contributed by atoms with Gasteiger partial charge in [0.15, 0.2) is 5.69 Å². The number of ether oxygens (including phenoxy) is 1. The monoisotopic (exact) mass is 273 g/mol. The number of hydrogen-bond donors (Lipinski definition) is 1. The molecule has 0 amide bonds. The smallest absolute Gasteiger partial charge is 0.358 e. The zero-order valence-electron chi connectivity index (χ0n) is 11.7. The third-order valence-corrected chi connectivity index (χ3v) is 3.13. The number of aromatic nitrogens is 2. The summed E-state index contributed by atoms with van der Waals surface area (Å²) in [7, 11) is 0. The second kappa shape index (κ2) is 6.23. The largest absolute Gasteiger partial charge is 0.461 e. The molecule has 1 aromatic heterocycles. The van der Waals surface area contributed by atoms with Crippen LogP contribution < -0.4 is 5.73 Å². The fourth-order valence-electron chi connectivity index (χ4n) is 1.65. The van der Waals surface area contributed by atoms with E-state index in [9.17, 15) is 4.79 Å². The number of nitrogen functional groups attached to an aromatic ring is 1. The molecule has 0 aliphatic rings. The normalized spacial score (nSPS) is 12.1. The second-order valence-corrected chi connectivity index (χ2v) is 4.85. The van der Waals surface area contributed by atoms with Crippen molar-refractivity contribution in [3.05, 3.63) is 42.2 Å². The van der Waals surface area contributed by atoms with Crippen LogP contribution in [0.25, 0.3) is 5.69 Å². The van der Waals surface area contributed by atoms with Crippen LogP contribution in [0.2, 0.25) is 0 Å². The fraction of sp³-hybridized carbons (Fsp3) is 0.333. The molecule has 0 spiro atoms. The molecule has 0 bridgehead atoms. The van der Waals surface area contributed by atoms with Crippen LogP contribution in [0.4, 0.5) is 5.69 Å². The maximum absolute atomic E-state index is 11.9. The maximum Gasteiger partial charge on any atom is 0.358 e. The number of hydrogen-bond acceptors (Lipinski definition) is 4. The van der Waals surface area contributed by atoms with E-state index in [1.807, 2.05) is 19.1 Å². The summed E-state index contributed by atoms with van der Waals surface area (Å²) in [4.78, 5) is 11.9. The van der Waals surface area contributed by atoms with Crippen molar-refractivity contribution in [2.24, 2.45) is 5.92 Å². The molecule has 1 aromatic carbocycles. The minimum Gasteiger partial charge on any atom is -0.461 e. The van der Waals surface area contributed by atoms with Crippen LogP contribution in [-0.2, 0) is 4.74 Å². The van der Waals surface area contributed by atoms with Gasteiger partial charge in [-0.15, -0.1) is 0 Å². The van der Waals surface area contributed by atoms with E-state index in [-0.39, 0.29) is 0 Å². The summed E-state index contributed by atoms with van der Waals surface area (Å²) in [6.45, 7) is 4.52. The molecular weight excluding hydrogens is 254 g/mol. The zero-order chi connectivity index (χ0) is 14.5. The summed E-state index contributed by atoms with van der Waals surface area (Å²) in [6.07, 6.45) is 2.69. The van der Waals surface area contributed by atoms with Crippen molar-refractivity contribution in [3.8, 4) is 5.69 Å². The first kappa shape index (κ1) is 14.1. The van der Waals surface area contributed by atoms with Crippen molar-refractivity contribution in [2.45, 2.75) is 20.3 Å². The van der Waals surface area contributed by atoms with Crippen LogP contribution in [0.1, 0.15) is 30.8 Å². The standard InChI is InChI=1S/C15H19N3O2/c1-3-11(2)10-20-15(19)14-7-8-18(17-14)13-6-4-5-12(16)9-13/h4-9,11H,3,10,16H2,1-2H3. The number of rotatable bonds is 5. The van der Waals surface area contributed by atoms with Crippen molar-refractivity contribution >= 4 is 11.7 Å². The third-order valence-electron chi connectivity index (χ3n) is 3.13. The zero-order valence-corrected chi connectivity index (χ0v) is 11.7. The predicted octanol–water partition coefficient (Wildman–Crippen LogP) is 2.66. The second-order valence-electron chi connectivity index (χ2n) is 4.85. The lowest BCUT2D eigenvalue weighted by molar-refractivity contribution is 0.0439. The molecule has 0 saturated heterocycles. The van der Waals surface area contributed by atoms with Crippen LogP contribution in [0.5, 0.6) is 0 Å². The van der Waals surface area contributed by atoms with Crippen molar-refractivity contribution in [1.82, 2.24) is 9.78 Å². The highest BCUT2D eigenvalue weighted by atomic mass is 16.5. The van der Waals surface area contributed by atoms with Gasteiger partial charge in [0.1, 0.15) is 0 Å². The Morgan fingerprint density at radius 3 is 2.95 bits per heavy atom. The Bertz CT molecular complexity index is 592. The van der Waals surface area contributed by atoms with E-state index >= 15 is 0 Å².